The predicted molar refractivity (Wildman–Crippen MR) is 133 cm³/mol. The van der Waals surface area contributed by atoms with Crippen LogP contribution in [0.5, 0.6) is 11.5 Å². The lowest BCUT2D eigenvalue weighted by molar-refractivity contribution is 0.280. The van der Waals surface area contributed by atoms with Crippen LogP contribution in [0.3, 0.4) is 0 Å². The zero-order chi connectivity index (χ0) is 25.7. The lowest BCUT2D eigenvalue weighted by Crippen LogP contribution is -2.18. The number of nitrogens with one attached hydrogen (secondary N) is 1. The highest BCUT2D eigenvalue weighted by molar-refractivity contribution is 5.69. The molecular formula is C27H25F2N5O2. The molecule has 36 heavy (non-hydrogen) atoms. The quantitative estimate of drug-likeness (QED) is 0.201. The van der Waals surface area contributed by atoms with Gasteiger partial charge in [-0.25, -0.2) is 9.37 Å². The molecule has 3 aromatic heterocycles. The molecular weight excluding hydrogens is 464 g/mol. The number of halogens is 2. The predicted octanol–water partition coefficient (Wildman–Crippen LogP) is 6.05. The molecule has 0 spiro atoms. The molecule has 3 N–H and O–H groups in total. The van der Waals surface area contributed by atoms with Gasteiger partial charge in [0.05, 0.1) is 24.7 Å². The zero-order valence-electron chi connectivity index (χ0n) is 19.8. The third kappa shape index (κ3) is 5.14. The van der Waals surface area contributed by atoms with Gasteiger partial charge in [0.2, 0.25) is 5.95 Å². The average molecular weight is 490 g/mol. The Bertz CT molecular complexity index is 1400. The number of aromatic nitrogens is 3. The molecule has 0 saturated heterocycles. The molecule has 1 aromatic carbocycles. The van der Waals surface area contributed by atoms with Gasteiger partial charge in [0, 0.05) is 40.6 Å². The Morgan fingerprint density at radius 1 is 1.00 bits per heavy atom. The first-order chi connectivity index (χ1) is 17.5. The first-order valence-corrected chi connectivity index (χ1v) is 11.5. The van der Waals surface area contributed by atoms with Gasteiger partial charge in [-0.3, -0.25) is 15.4 Å². The van der Waals surface area contributed by atoms with Crippen molar-refractivity contribution in [3.8, 4) is 33.9 Å². The molecule has 5 rings (SSSR count). The summed E-state index contributed by atoms with van der Waals surface area (Å²) in [6.07, 6.45) is 6.11. The topological polar surface area (TPSA) is 107 Å². The highest BCUT2D eigenvalue weighted by Crippen LogP contribution is 2.47. The number of ether oxygens (including phenoxy) is 2. The van der Waals surface area contributed by atoms with E-state index in [9.17, 15) is 8.78 Å². The van der Waals surface area contributed by atoms with Gasteiger partial charge in [-0.1, -0.05) is 19.9 Å². The zero-order valence-corrected chi connectivity index (χ0v) is 19.8. The van der Waals surface area contributed by atoms with Gasteiger partial charge in [0.1, 0.15) is 17.3 Å². The van der Waals surface area contributed by atoms with E-state index in [0.717, 1.165) is 17.3 Å². The molecule has 0 unspecified atom stereocenters. The summed E-state index contributed by atoms with van der Waals surface area (Å²) < 4.78 is 39.4. The summed E-state index contributed by atoms with van der Waals surface area (Å²) in [5, 5.41) is 7.37. The maximum absolute atomic E-state index is 14.4. The number of nitrogens with zero attached hydrogens (tertiary/aromatic N) is 3. The minimum Gasteiger partial charge on any atom is -0.466 e. The van der Waals surface area contributed by atoms with Gasteiger partial charge in [-0.2, -0.15) is 4.39 Å². The lowest BCUT2D eigenvalue weighted by atomic mass is 9.84. The van der Waals surface area contributed by atoms with E-state index < -0.39 is 11.8 Å². The van der Waals surface area contributed by atoms with Crippen LogP contribution >= 0.6 is 0 Å². The van der Waals surface area contributed by atoms with E-state index >= 15 is 0 Å². The fraction of sp³-hybridized carbons (Fsp3) is 0.185. The van der Waals surface area contributed by atoms with Crippen LogP contribution in [0.15, 0.2) is 67.3 Å². The van der Waals surface area contributed by atoms with Gasteiger partial charge in [0.15, 0.2) is 0 Å². The van der Waals surface area contributed by atoms with Gasteiger partial charge in [-0.05, 0) is 48.4 Å². The third-order valence-electron chi connectivity index (χ3n) is 5.61. The molecule has 0 aliphatic carbocycles. The second-order valence-electron chi connectivity index (χ2n) is 7.75. The number of fused-ring (bicyclic) bond motifs is 2. The summed E-state index contributed by atoms with van der Waals surface area (Å²) in [7, 11) is 0. The van der Waals surface area contributed by atoms with E-state index in [1.54, 1.807) is 30.5 Å². The van der Waals surface area contributed by atoms with Crippen molar-refractivity contribution < 1.29 is 18.3 Å². The highest BCUT2D eigenvalue weighted by atomic mass is 19.1. The lowest BCUT2D eigenvalue weighted by Gasteiger charge is -2.29. The Balaban J connectivity index is 0.00000148. The highest BCUT2D eigenvalue weighted by Gasteiger charge is 2.29. The molecule has 1 aliphatic heterocycles. The molecule has 0 bridgehead atoms. The molecule has 9 heteroatoms. The summed E-state index contributed by atoms with van der Waals surface area (Å²) in [5.74, 6) is -0.112. The summed E-state index contributed by atoms with van der Waals surface area (Å²) in [5.41, 5.74) is 9.06. The van der Waals surface area contributed by atoms with Crippen molar-refractivity contribution in [1.29, 1.82) is 5.41 Å². The van der Waals surface area contributed by atoms with E-state index in [0.29, 0.717) is 40.3 Å². The first kappa shape index (κ1) is 24.7. The Kier molecular flexibility index (Phi) is 7.48. The van der Waals surface area contributed by atoms with Crippen molar-refractivity contribution in [1.82, 2.24) is 15.0 Å². The smallest absolute Gasteiger partial charge is 0.278 e. The molecule has 184 valence electrons. The standard InChI is InChI=1S/C25H19F2N5O2.C2H6/c26-16-8-15(11-30-12-16)21-10-20-18(5-7-33-25(28)29)19-9-14(17-2-1-6-31-24(17)27)3-4-22(19)34-23(20)13-32-21;1-2/h1-4,6,8-13,18H,5,7H2,(H3,28,29);1-2H3/t18-;/m1./s1. The number of hydrogen-bond acceptors (Lipinski definition) is 6. The van der Waals surface area contributed by atoms with Crippen LogP contribution in [0.2, 0.25) is 0 Å². The summed E-state index contributed by atoms with van der Waals surface area (Å²) in [6, 6.07) is 11.6. The van der Waals surface area contributed by atoms with Crippen LogP contribution in [-0.4, -0.2) is 27.6 Å². The fourth-order valence-electron chi connectivity index (χ4n) is 4.09. The maximum Gasteiger partial charge on any atom is 0.278 e. The summed E-state index contributed by atoms with van der Waals surface area (Å²) in [6.45, 7) is 4.18. The van der Waals surface area contributed by atoms with Crippen molar-refractivity contribution in [2.75, 3.05) is 6.61 Å². The normalized spacial score (nSPS) is 13.4. The Morgan fingerprint density at radius 3 is 2.56 bits per heavy atom. The number of amidine groups is 1. The SMILES string of the molecule is CC.N=C(N)OCC[C@@H]1c2cc(-c3cccnc3F)ccc2Oc2cnc(-c3cncc(F)c3)cc21. The van der Waals surface area contributed by atoms with E-state index in [1.807, 2.05) is 26.0 Å². The molecule has 1 aliphatic rings. The van der Waals surface area contributed by atoms with Crippen molar-refractivity contribution in [3.05, 3.63) is 90.1 Å². The summed E-state index contributed by atoms with van der Waals surface area (Å²) in [4.78, 5) is 12.1. The van der Waals surface area contributed by atoms with Gasteiger partial charge in [0.25, 0.3) is 6.02 Å². The monoisotopic (exact) mass is 489 g/mol. The van der Waals surface area contributed by atoms with Crippen molar-refractivity contribution >= 4 is 6.02 Å². The molecule has 7 nitrogen and oxygen atoms in total. The van der Waals surface area contributed by atoms with E-state index in [4.69, 9.17) is 20.6 Å². The van der Waals surface area contributed by atoms with E-state index in [-0.39, 0.29) is 18.5 Å². The number of pyridine rings is 3. The number of hydrogen-bond donors (Lipinski definition) is 2. The molecule has 0 saturated carbocycles. The molecule has 1 atom stereocenters. The fourth-order valence-corrected chi connectivity index (χ4v) is 4.09. The van der Waals surface area contributed by atoms with Crippen LogP contribution in [0.4, 0.5) is 8.78 Å². The minimum atomic E-state index is -0.568. The maximum atomic E-state index is 14.4. The van der Waals surface area contributed by atoms with E-state index in [1.165, 1.54) is 18.5 Å². The van der Waals surface area contributed by atoms with Gasteiger partial charge in [-0.15, -0.1) is 0 Å². The van der Waals surface area contributed by atoms with E-state index in [2.05, 4.69) is 15.0 Å². The third-order valence-corrected chi connectivity index (χ3v) is 5.61. The Morgan fingerprint density at radius 2 is 1.81 bits per heavy atom. The second-order valence-corrected chi connectivity index (χ2v) is 7.75. The molecule has 4 heterocycles. The number of benzene rings is 1. The van der Waals surface area contributed by atoms with Crippen LogP contribution in [0.1, 0.15) is 37.3 Å². The first-order valence-electron chi connectivity index (χ1n) is 11.5. The molecule has 0 radical (unpaired) electrons. The second kappa shape index (κ2) is 10.9. The van der Waals surface area contributed by atoms with Gasteiger partial charge >= 0.3 is 0 Å². The Labute approximate surface area is 207 Å². The van der Waals surface area contributed by atoms with Crippen molar-refractivity contribution in [3.63, 3.8) is 0 Å². The average Bonchev–Trinajstić information content (AvgIpc) is 2.89. The minimum absolute atomic E-state index is 0.184. The molecule has 0 amide bonds. The van der Waals surface area contributed by atoms with Crippen molar-refractivity contribution in [2.45, 2.75) is 26.2 Å². The summed E-state index contributed by atoms with van der Waals surface area (Å²) >= 11 is 0. The van der Waals surface area contributed by atoms with Crippen LogP contribution < -0.4 is 10.5 Å². The van der Waals surface area contributed by atoms with Crippen LogP contribution in [0.25, 0.3) is 22.4 Å². The molecule has 4 aromatic rings. The van der Waals surface area contributed by atoms with Gasteiger partial charge < -0.3 is 15.2 Å². The number of rotatable bonds is 5. The molecule has 0 fully saturated rings. The Hall–Kier alpha value is -4.40. The van der Waals surface area contributed by atoms with Crippen molar-refractivity contribution in [2.24, 2.45) is 5.73 Å². The van der Waals surface area contributed by atoms with Crippen LogP contribution in [0, 0.1) is 17.2 Å². The number of nitrogens with two attached hydrogens (primary N) is 1. The largest absolute Gasteiger partial charge is 0.466 e. The van der Waals surface area contributed by atoms with Crippen LogP contribution in [-0.2, 0) is 4.74 Å².